The Bertz CT molecular complexity index is 473. The van der Waals surface area contributed by atoms with E-state index in [0.29, 0.717) is 18.9 Å². The zero-order chi connectivity index (χ0) is 10.7. The SMILES string of the molecule is CCOCn1ccc2ccc(C=O)cc21. The highest BCUT2D eigenvalue weighted by Gasteiger charge is 2.01. The van der Waals surface area contributed by atoms with Crippen LogP contribution in [0.25, 0.3) is 10.9 Å². The van der Waals surface area contributed by atoms with Gasteiger partial charge in [-0.3, -0.25) is 4.79 Å². The number of fused-ring (bicyclic) bond motifs is 1. The number of ether oxygens (including phenoxy) is 1. The molecule has 0 unspecified atom stereocenters. The molecule has 0 bridgehead atoms. The standard InChI is InChI=1S/C12H13NO2/c1-2-15-9-13-6-5-11-4-3-10(8-14)7-12(11)13/h3-8H,2,9H2,1H3. The Kier molecular flexibility index (Phi) is 2.83. The number of benzene rings is 1. The minimum atomic E-state index is 0.530. The molecule has 1 aromatic carbocycles. The molecule has 0 radical (unpaired) electrons. The van der Waals surface area contributed by atoms with Crippen molar-refractivity contribution in [3.8, 4) is 0 Å². The third-order valence-electron chi connectivity index (χ3n) is 2.37. The summed E-state index contributed by atoms with van der Waals surface area (Å²) in [4.78, 5) is 10.7. The van der Waals surface area contributed by atoms with E-state index in [0.717, 1.165) is 17.2 Å². The molecule has 0 atom stereocenters. The molecule has 0 N–H and O–H groups in total. The first-order chi connectivity index (χ1) is 7.35. The van der Waals surface area contributed by atoms with E-state index in [9.17, 15) is 4.79 Å². The van der Waals surface area contributed by atoms with Crippen LogP contribution in [-0.2, 0) is 11.5 Å². The second-order valence-electron chi connectivity index (χ2n) is 3.34. The van der Waals surface area contributed by atoms with E-state index in [4.69, 9.17) is 4.74 Å². The fraction of sp³-hybridized carbons (Fsp3) is 0.250. The van der Waals surface area contributed by atoms with Crippen molar-refractivity contribution in [3.05, 3.63) is 36.0 Å². The van der Waals surface area contributed by atoms with Crippen molar-refractivity contribution in [2.75, 3.05) is 6.61 Å². The summed E-state index contributed by atoms with van der Waals surface area (Å²) in [5, 5.41) is 1.13. The third kappa shape index (κ3) is 1.92. The Morgan fingerprint density at radius 2 is 2.27 bits per heavy atom. The van der Waals surface area contributed by atoms with Crippen LogP contribution in [-0.4, -0.2) is 17.5 Å². The Morgan fingerprint density at radius 3 is 3.00 bits per heavy atom. The van der Waals surface area contributed by atoms with Crippen LogP contribution >= 0.6 is 0 Å². The number of rotatable bonds is 4. The molecule has 2 aromatic rings. The molecular weight excluding hydrogens is 190 g/mol. The normalized spacial score (nSPS) is 10.7. The minimum Gasteiger partial charge on any atom is -0.361 e. The highest BCUT2D eigenvalue weighted by Crippen LogP contribution is 2.16. The number of hydrogen-bond donors (Lipinski definition) is 0. The maximum Gasteiger partial charge on any atom is 0.150 e. The van der Waals surface area contributed by atoms with Crippen LogP contribution in [0.4, 0.5) is 0 Å². The lowest BCUT2D eigenvalue weighted by molar-refractivity contribution is 0.0908. The predicted octanol–water partition coefficient (Wildman–Crippen LogP) is 2.45. The van der Waals surface area contributed by atoms with Gasteiger partial charge in [0.1, 0.15) is 13.0 Å². The smallest absolute Gasteiger partial charge is 0.150 e. The zero-order valence-corrected chi connectivity index (χ0v) is 8.64. The van der Waals surface area contributed by atoms with Crippen molar-refractivity contribution in [3.63, 3.8) is 0 Å². The quantitative estimate of drug-likeness (QED) is 0.715. The number of hydrogen-bond acceptors (Lipinski definition) is 2. The molecule has 1 aromatic heterocycles. The summed E-state index contributed by atoms with van der Waals surface area (Å²) in [6.45, 7) is 3.18. The molecule has 15 heavy (non-hydrogen) atoms. The van der Waals surface area contributed by atoms with E-state index in [1.807, 2.05) is 42.0 Å². The summed E-state index contributed by atoms with van der Waals surface area (Å²) < 4.78 is 7.33. The van der Waals surface area contributed by atoms with Crippen molar-refractivity contribution < 1.29 is 9.53 Å². The van der Waals surface area contributed by atoms with E-state index in [2.05, 4.69) is 0 Å². The molecular formula is C12H13NO2. The topological polar surface area (TPSA) is 31.2 Å². The molecule has 0 fully saturated rings. The first-order valence-corrected chi connectivity index (χ1v) is 4.97. The van der Waals surface area contributed by atoms with Crippen LogP contribution in [0.3, 0.4) is 0 Å². The Morgan fingerprint density at radius 1 is 1.40 bits per heavy atom. The van der Waals surface area contributed by atoms with E-state index in [1.165, 1.54) is 0 Å². The van der Waals surface area contributed by atoms with Gasteiger partial charge in [-0.2, -0.15) is 0 Å². The summed E-state index contributed by atoms with van der Waals surface area (Å²) in [5.41, 5.74) is 1.73. The monoisotopic (exact) mass is 203 g/mol. The van der Waals surface area contributed by atoms with Gasteiger partial charge < -0.3 is 9.30 Å². The molecule has 0 aliphatic heterocycles. The van der Waals surface area contributed by atoms with Crippen molar-refractivity contribution in [2.24, 2.45) is 0 Å². The molecule has 78 valence electrons. The molecule has 0 spiro atoms. The fourth-order valence-corrected chi connectivity index (χ4v) is 1.58. The molecule has 3 heteroatoms. The van der Waals surface area contributed by atoms with E-state index in [1.54, 1.807) is 0 Å². The number of aldehydes is 1. The van der Waals surface area contributed by atoms with Gasteiger partial charge in [0.2, 0.25) is 0 Å². The lowest BCUT2D eigenvalue weighted by Gasteiger charge is -2.05. The Hall–Kier alpha value is -1.61. The van der Waals surface area contributed by atoms with Crippen molar-refractivity contribution in [1.29, 1.82) is 0 Å². The predicted molar refractivity (Wildman–Crippen MR) is 59.0 cm³/mol. The molecule has 3 nitrogen and oxygen atoms in total. The van der Waals surface area contributed by atoms with Crippen LogP contribution in [0.5, 0.6) is 0 Å². The van der Waals surface area contributed by atoms with Gasteiger partial charge >= 0.3 is 0 Å². The van der Waals surface area contributed by atoms with Gasteiger partial charge in [0.15, 0.2) is 0 Å². The van der Waals surface area contributed by atoms with E-state index in [-0.39, 0.29) is 0 Å². The maximum absolute atomic E-state index is 10.7. The van der Waals surface area contributed by atoms with Crippen LogP contribution in [0.2, 0.25) is 0 Å². The average Bonchev–Trinajstić information content (AvgIpc) is 2.68. The van der Waals surface area contributed by atoms with Crippen molar-refractivity contribution >= 4 is 17.2 Å². The largest absolute Gasteiger partial charge is 0.361 e. The summed E-state index contributed by atoms with van der Waals surface area (Å²) in [6.07, 6.45) is 2.83. The second kappa shape index (κ2) is 4.28. The third-order valence-corrected chi connectivity index (χ3v) is 2.37. The fourth-order valence-electron chi connectivity index (χ4n) is 1.58. The Labute approximate surface area is 88.3 Å². The van der Waals surface area contributed by atoms with Gasteiger partial charge in [0.05, 0.1) is 5.52 Å². The van der Waals surface area contributed by atoms with E-state index >= 15 is 0 Å². The van der Waals surface area contributed by atoms with Gasteiger partial charge in [-0.05, 0) is 24.4 Å². The number of nitrogens with zero attached hydrogens (tertiary/aromatic N) is 1. The van der Waals surface area contributed by atoms with Crippen LogP contribution in [0.15, 0.2) is 30.5 Å². The Balaban J connectivity index is 2.42. The minimum absolute atomic E-state index is 0.530. The number of aromatic nitrogens is 1. The van der Waals surface area contributed by atoms with Gasteiger partial charge in [-0.1, -0.05) is 12.1 Å². The number of carbonyl (C=O) groups is 1. The first kappa shape index (κ1) is 9.93. The van der Waals surface area contributed by atoms with Crippen molar-refractivity contribution in [2.45, 2.75) is 13.7 Å². The van der Waals surface area contributed by atoms with Crippen LogP contribution < -0.4 is 0 Å². The van der Waals surface area contributed by atoms with Gasteiger partial charge in [0.25, 0.3) is 0 Å². The van der Waals surface area contributed by atoms with Gasteiger partial charge in [0, 0.05) is 18.4 Å². The summed E-state index contributed by atoms with van der Waals surface area (Å²) in [6, 6.07) is 7.66. The van der Waals surface area contributed by atoms with Gasteiger partial charge in [-0.15, -0.1) is 0 Å². The van der Waals surface area contributed by atoms with Gasteiger partial charge in [-0.25, -0.2) is 0 Å². The molecule has 0 saturated heterocycles. The highest BCUT2D eigenvalue weighted by molar-refractivity contribution is 5.87. The summed E-state index contributed by atoms with van der Waals surface area (Å²) in [7, 11) is 0. The molecule has 0 amide bonds. The number of carbonyl (C=O) groups excluding carboxylic acids is 1. The zero-order valence-electron chi connectivity index (χ0n) is 8.64. The van der Waals surface area contributed by atoms with Crippen molar-refractivity contribution in [1.82, 2.24) is 4.57 Å². The molecule has 2 rings (SSSR count). The van der Waals surface area contributed by atoms with Crippen LogP contribution in [0, 0.1) is 0 Å². The first-order valence-electron chi connectivity index (χ1n) is 4.97. The maximum atomic E-state index is 10.7. The molecule has 0 aliphatic rings. The lowest BCUT2D eigenvalue weighted by atomic mass is 10.2. The van der Waals surface area contributed by atoms with E-state index < -0.39 is 0 Å². The second-order valence-corrected chi connectivity index (χ2v) is 3.34. The van der Waals surface area contributed by atoms with Crippen LogP contribution in [0.1, 0.15) is 17.3 Å². The highest BCUT2D eigenvalue weighted by atomic mass is 16.5. The molecule has 1 heterocycles. The summed E-state index contributed by atoms with van der Waals surface area (Å²) >= 11 is 0. The summed E-state index contributed by atoms with van der Waals surface area (Å²) in [5.74, 6) is 0. The average molecular weight is 203 g/mol. The molecule has 0 saturated carbocycles. The lowest BCUT2D eigenvalue weighted by Crippen LogP contribution is -2.00. The molecule has 0 aliphatic carbocycles.